The fourth-order valence-electron chi connectivity index (χ4n) is 2.49. The van der Waals surface area contributed by atoms with E-state index < -0.39 is 5.97 Å². The molecule has 0 atom stereocenters. The number of rotatable bonds is 16. The molecule has 0 aromatic heterocycles. The van der Waals surface area contributed by atoms with Crippen molar-refractivity contribution in [2.45, 2.75) is 103 Å². The second-order valence-corrected chi connectivity index (χ2v) is 5.90. The summed E-state index contributed by atoms with van der Waals surface area (Å²) in [5.41, 5.74) is 0. The molecule has 0 amide bonds. The maximum atomic E-state index is 10.3. The molecule has 0 saturated heterocycles. The Kier molecular flexibility index (Phi) is 28.5. The van der Waals surface area contributed by atoms with Gasteiger partial charge in [0, 0.05) is 25.9 Å². The number of hydrogen-bond donors (Lipinski definition) is 1. The summed E-state index contributed by atoms with van der Waals surface area (Å²) in [4.78, 5) is 10.3. The van der Waals surface area contributed by atoms with Crippen LogP contribution in [0.5, 0.6) is 0 Å². The normalized spacial score (nSPS) is 9.86. The van der Waals surface area contributed by atoms with E-state index in [4.69, 9.17) is 5.11 Å². The van der Waals surface area contributed by atoms with Gasteiger partial charge in [0.05, 0.1) is 0 Å². The average molecular weight is 367 g/mol. The Balaban J connectivity index is -0.00000180. The average Bonchev–Trinajstić information content (AvgIpc) is 2.43. The van der Waals surface area contributed by atoms with Crippen LogP contribution >= 0.6 is 0 Å². The minimum Gasteiger partial charge on any atom is -0.481 e. The Morgan fingerprint density at radius 3 is 1.64 bits per heavy atom. The van der Waals surface area contributed by atoms with Gasteiger partial charge in [0.15, 0.2) is 0 Å². The fraction of sp³-hybridized carbons (Fsp3) is 0.889. The quantitative estimate of drug-likeness (QED) is 0.228. The number of carboxylic acid groups (broad SMARTS) is 1. The van der Waals surface area contributed by atoms with Crippen molar-refractivity contribution >= 4 is 5.97 Å². The van der Waals surface area contributed by atoms with Crippen LogP contribution in [0.25, 0.3) is 0 Å². The van der Waals surface area contributed by atoms with Crippen LogP contribution < -0.4 is 0 Å². The first-order chi connectivity index (χ1) is 9.77. The number of carboxylic acids is 1. The first-order valence-electron chi connectivity index (χ1n) is 8.80. The van der Waals surface area contributed by atoms with Crippen molar-refractivity contribution in [3.63, 3.8) is 0 Å². The van der Waals surface area contributed by atoms with Crippen LogP contribution in [0.4, 0.5) is 0 Å². The van der Waals surface area contributed by atoms with E-state index in [1.165, 1.54) is 77.0 Å². The van der Waals surface area contributed by atoms with Gasteiger partial charge >= 0.3 is 5.97 Å². The van der Waals surface area contributed by atoms with E-state index in [1.807, 2.05) is 0 Å². The van der Waals surface area contributed by atoms with Gasteiger partial charge in [-0.3, -0.25) is 4.79 Å². The zero-order chi connectivity index (χ0) is 14.9. The SMILES string of the molecule is CCCCCC[CH-]CCCCCCCCCCC(=O)O.O.[Zn]. The predicted octanol–water partition coefficient (Wildman–Crippen LogP) is 5.32. The van der Waals surface area contributed by atoms with Gasteiger partial charge in [-0.05, 0) is 6.42 Å². The molecule has 4 heteroatoms. The van der Waals surface area contributed by atoms with Crippen molar-refractivity contribution in [2.24, 2.45) is 0 Å². The number of aliphatic carboxylic acids is 1. The molecule has 0 aliphatic carbocycles. The van der Waals surface area contributed by atoms with Gasteiger partial charge in [-0.2, -0.15) is 12.8 Å². The molecular formula is C18H37O3Zn-. The molecule has 0 unspecified atom stereocenters. The predicted molar refractivity (Wildman–Crippen MR) is 90.5 cm³/mol. The smallest absolute Gasteiger partial charge is 0.303 e. The van der Waals surface area contributed by atoms with E-state index in [0.717, 1.165) is 12.8 Å². The maximum absolute atomic E-state index is 10.3. The van der Waals surface area contributed by atoms with Crippen LogP contribution in [0.15, 0.2) is 0 Å². The maximum Gasteiger partial charge on any atom is 0.303 e. The van der Waals surface area contributed by atoms with E-state index in [0.29, 0.717) is 6.42 Å². The first-order valence-corrected chi connectivity index (χ1v) is 8.80. The van der Waals surface area contributed by atoms with Gasteiger partial charge < -0.3 is 17.0 Å². The van der Waals surface area contributed by atoms with Crippen molar-refractivity contribution in [1.29, 1.82) is 0 Å². The molecule has 0 spiro atoms. The summed E-state index contributed by atoms with van der Waals surface area (Å²) >= 11 is 0. The van der Waals surface area contributed by atoms with Gasteiger partial charge in [0.2, 0.25) is 0 Å². The zero-order valence-corrected chi connectivity index (χ0v) is 17.7. The zero-order valence-electron chi connectivity index (χ0n) is 14.7. The van der Waals surface area contributed by atoms with Crippen molar-refractivity contribution in [1.82, 2.24) is 0 Å². The summed E-state index contributed by atoms with van der Waals surface area (Å²) in [6.45, 7) is 2.26. The monoisotopic (exact) mass is 365 g/mol. The number of hydrogen-bond acceptors (Lipinski definition) is 1. The van der Waals surface area contributed by atoms with Gasteiger partial charge in [0.25, 0.3) is 0 Å². The second kappa shape index (κ2) is 23.3. The fourth-order valence-corrected chi connectivity index (χ4v) is 2.49. The summed E-state index contributed by atoms with van der Waals surface area (Å²) in [5.74, 6) is -0.657. The van der Waals surface area contributed by atoms with Crippen LogP contribution in [0.3, 0.4) is 0 Å². The second-order valence-electron chi connectivity index (χ2n) is 5.90. The standard InChI is InChI=1S/C18H35O2.H2O.Zn/c1-2-3-4-5-6-7-8-9-10-11-12-13-14-15-16-17-18(19)20;;/h7H,2-6,8-17H2,1H3,(H,19,20);1H2;/q-1;;. The van der Waals surface area contributed by atoms with Gasteiger partial charge in [-0.25, -0.2) is 0 Å². The molecule has 130 valence electrons. The van der Waals surface area contributed by atoms with Crippen molar-refractivity contribution in [3.8, 4) is 0 Å². The Bertz CT molecular complexity index is 211. The summed E-state index contributed by atoms with van der Waals surface area (Å²) in [6, 6.07) is 0. The molecule has 0 saturated carbocycles. The third-order valence-electron chi connectivity index (χ3n) is 3.81. The van der Waals surface area contributed by atoms with E-state index >= 15 is 0 Å². The van der Waals surface area contributed by atoms with Gasteiger partial charge in [-0.1, -0.05) is 77.6 Å². The third kappa shape index (κ3) is 25.0. The number of carbonyl (C=O) groups is 1. The topological polar surface area (TPSA) is 68.8 Å². The number of unbranched alkanes of at least 4 members (excludes halogenated alkanes) is 14. The van der Waals surface area contributed by atoms with Crippen LogP contribution in [0.1, 0.15) is 103 Å². The molecule has 0 aromatic rings. The van der Waals surface area contributed by atoms with E-state index in [2.05, 4.69) is 13.3 Å². The molecule has 0 aliphatic heterocycles. The summed E-state index contributed by atoms with van der Waals surface area (Å²) in [7, 11) is 0. The van der Waals surface area contributed by atoms with Gasteiger partial charge in [-0.15, -0.1) is 0 Å². The largest absolute Gasteiger partial charge is 0.481 e. The molecule has 0 aromatic carbocycles. The van der Waals surface area contributed by atoms with Crippen LogP contribution in [0.2, 0.25) is 0 Å². The molecular weight excluding hydrogens is 330 g/mol. The third-order valence-corrected chi connectivity index (χ3v) is 3.81. The molecule has 0 heterocycles. The molecule has 0 fully saturated rings. The molecule has 0 aliphatic rings. The Morgan fingerprint density at radius 2 is 1.18 bits per heavy atom. The molecule has 0 bridgehead atoms. The minimum atomic E-state index is -0.657. The van der Waals surface area contributed by atoms with Crippen molar-refractivity contribution in [3.05, 3.63) is 6.42 Å². The summed E-state index contributed by atoms with van der Waals surface area (Å²) < 4.78 is 0. The molecule has 3 N–H and O–H groups in total. The Hall–Kier alpha value is 0.0534. The molecule has 22 heavy (non-hydrogen) atoms. The first kappa shape index (κ1) is 26.9. The van der Waals surface area contributed by atoms with E-state index in [9.17, 15) is 4.79 Å². The molecule has 0 radical (unpaired) electrons. The van der Waals surface area contributed by atoms with Crippen molar-refractivity contribution < 1.29 is 34.9 Å². The summed E-state index contributed by atoms with van der Waals surface area (Å²) in [6.07, 6.45) is 20.7. The van der Waals surface area contributed by atoms with E-state index in [-0.39, 0.29) is 25.0 Å². The van der Waals surface area contributed by atoms with Crippen LogP contribution in [-0.2, 0) is 24.3 Å². The summed E-state index contributed by atoms with van der Waals surface area (Å²) in [5, 5.41) is 8.51. The Labute approximate surface area is 150 Å². The van der Waals surface area contributed by atoms with Crippen LogP contribution in [0, 0.1) is 6.42 Å². The minimum absolute atomic E-state index is 0. The molecule has 3 nitrogen and oxygen atoms in total. The van der Waals surface area contributed by atoms with Gasteiger partial charge in [0.1, 0.15) is 0 Å². The Morgan fingerprint density at radius 1 is 0.773 bits per heavy atom. The van der Waals surface area contributed by atoms with E-state index in [1.54, 1.807) is 0 Å². The molecule has 0 rings (SSSR count). The van der Waals surface area contributed by atoms with Crippen LogP contribution in [-0.4, -0.2) is 16.6 Å². The van der Waals surface area contributed by atoms with Crippen molar-refractivity contribution in [2.75, 3.05) is 0 Å².